The van der Waals surface area contributed by atoms with Gasteiger partial charge in [0.15, 0.2) is 11.5 Å². The molecule has 0 aliphatic rings. The Kier molecular flexibility index (Phi) is 5.82. The Morgan fingerprint density at radius 3 is 2.48 bits per heavy atom. The van der Waals surface area contributed by atoms with E-state index in [1.54, 1.807) is 31.4 Å². The summed E-state index contributed by atoms with van der Waals surface area (Å²) in [6.07, 6.45) is 0.479. The molecule has 0 aliphatic heterocycles. The van der Waals surface area contributed by atoms with Crippen LogP contribution in [0.4, 0.5) is 16.2 Å². The molecular formula is C17H20N2O4. The van der Waals surface area contributed by atoms with Crippen LogP contribution in [-0.4, -0.2) is 32.0 Å². The van der Waals surface area contributed by atoms with Crippen molar-refractivity contribution in [3.8, 4) is 11.5 Å². The molecule has 3 N–H and O–H groups in total. The molecule has 2 aromatic carbocycles. The number of carbonyl (C=O) groups excluding carboxylic acids is 1. The third kappa shape index (κ3) is 4.37. The van der Waals surface area contributed by atoms with Crippen molar-refractivity contribution in [1.82, 2.24) is 0 Å². The SMILES string of the molecule is COc1ccc(NC(=O)Nc2ccccc2CCO)cc1OC. The molecule has 6 nitrogen and oxygen atoms in total. The smallest absolute Gasteiger partial charge is 0.323 e. The molecule has 2 amide bonds. The summed E-state index contributed by atoms with van der Waals surface area (Å²) in [6.45, 7) is 0.0238. The lowest BCUT2D eigenvalue weighted by molar-refractivity contribution is 0.262. The second-order valence-corrected chi connectivity index (χ2v) is 4.78. The fraction of sp³-hybridized carbons (Fsp3) is 0.235. The first kappa shape index (κ1) is 16.6. The average molecular weight is 316 g/mol. The molecular weight excluding hydrogens is 296 g/mol. The van der Waals surface area contributed by atoms with Gasteiger partial charge in [0.05, 0.1) is 14.2 Å². The number of hydrogen-bond donors (Lipinski definition) is 3. The van der Waals surface area contributed by atoms with Gasteiger partial charge in [-0.25, -0.2) is 4.79 Å². The van der Waals surface area contributed by atoms with Gasteiger partial charge in [-0.3, -0.25) is 0 Å². The summed E-state index contributed by atoms with van der Waals surface area (Å²) < 4.78 is 10.4. The number of amides is 2. The minimum absolute atomic E-state index is 0.0238. The molecule has 122 valence electrons. The molecule has 0 heterocycles. The number of anilines is 2. The van der Waals surface area contributed by atoms with Crippen LogP contribution in [0.3, 0.4) is 0 Å². The normalized spacial score (nSPS) is 10.0. The summed E-state index contributed by atoms with van der Waals surface area (Å²) in [5.74, 6) is 1.12. The zero-order valence-corrected chi connectivity index (χ0v) is 13.1. The van der Waals surface area contributed by atoms with E-state index in [0.29, 0.717) is 29.3 Å². The van der Waals surface area contributed by atoms with Crippen LogP contribution in [0.25, 0.3) is 0 Å². The molecule has 0 spiro atoms. The number of aliphatic hydroxyl groups excluding tert-OH is 1. The molecule has 0 saturated heterocycles. The maximum Gasteiger partial charge on any atom is 0.323 e. The number of para-hydroxylation sites is 1. The van der Waals surface area contributed by atoms with Crippen LogP contribution in [-0.2, 0) is 6.42 Å². The summed E-state index contributed by atoms with van der Waals surface area (Å²) in [7, 11) is 3.09. The second-order valence-electron chi connectivity index (χ2n) is 4.78. The largest absolute Gasteiger partial charge is 0.493 e. The van der Waals surface area contributed by atoms with Crippen molar-refractivity contribution in [2.75, 3.05) is 31.5 Å². The third-order valence-corrected chi connectivity index (χ3v) is 3.29. The number of nitrogens with one attached hydrogen (secondary N) is 2. The van der Waals surface area contributed by atoms with Gasteiger partial charge in [0.2, 0.25) is 0 Å². The van der Waals surface area contributed by atoms with Crippen molar-refractivity contribution in [2.45, 2.75) is 6.42 Å². The summed E-state index contributed by atoms with van der Waals surface area (Å²) in [4.78, 5) is 12.1. The molecule has 0 atom stereocenters. The standard InChI is InChI=1S/C17H20N2O4/c1-22-15-8-7-13(11-16(15)23-2)18-17(21)19-14-6-4-3-5-12(14)9-10-20/h3-8,11,20H,9-10H2,1-2H3,(H2,18,19,21). The number of benzene rings is 2. The van der Waals surface area contributed by atoms with Crippen molar-refractivity contribution in [2.24, 2.45) is 0 Å². The Bertz CT molecular complexity index is 673. The fourth-order valence-corrected chi connectivity index (χ4v) is 2.18. The van der Waals surface area contributed by atoms with E-state index in [0.717, 1.165) is 5.56 Å². The highest BCUT2D eigenvalue weighted by molar-refractivity contribution is 6.00. The number of urea groups is 1. The average Bonchev–Trinajstić information content (AvgIpc) is 2.56. The van der Waals surface area contributed by atoms with Gasteiger partial charge in [-0.2, -0.15) is 0 Å². The summed E-state index contributed by atoms with van der Waals surface area (Å²) >= 11 is 0. The van der Waals surface area contributed by atoms with Crippen molar-refractivity contribution in [3.05, 3.63) is 48.0 Å². The van der Waals surface area contributed by atoms with Gasteiger partial charge in [0.25, 0.3) is 0 Å². The molecule has 0 bridgehead atoms. The number of aliphatic hydroxyl groups is 1. The van der Waals surface area contributed by atoms with Gasteiger partial charge >= 0.3 is 6.03 Å². The van der Waals surface area contributed by atoms with Crippen LogP contribution in [0.15, 0.2) is 42.5 Å². The van der Waals surface area contributed by atoms with Crippen LogP contribution in [0.2, 0.25) is 0 Å². The Labute approximate surface area is 135 Å². The Morgan fingerprint density at radius 1 is 1.04 bits per heavy atom. The van der Waals surface area contributed by atoms with Crippen LogP contribution in [0, 0.1) is 0 Å². The van der Waals surface area contributed by atoms with Crippen LogP contribution >= 0.6 is 0 Å². The quantitative estimate of drug-likeness (QED) is 0.765. The van der Waals surface area contributed by atoms with Crippen LogP contribution in [0.1, 0.15) is 5.56 Å². The molecule has 6 heteroatoms. The lowest BCUT2D eigenvalue weighted by Crippen LogP contribution is -2.20. The molecule has 2 rings (SSSR count). The summed E-state index contributed by atoms with van der Waals surface area (Å²) in [5, 5.41) is 14.6. The van der Waals surface area contributed by atoms with E-state index in [1.165, 1.54) is 7.11 Å². The van der Waals surface area contributed by atoms with E-state index < -0.39 is 0 Å². The first-order valence-electron chi connectivity index (χ1n) is 7.16. The van der Waals surface area contributed by atoms with Gasteiger partial charge in [-0.05, 0) is 30.2 Å². The van der Waals surface area contributed by atoms with Gasteiger partial charge in [-0.15, -0.1) is 0 Å². The summed E-state index contributed by atoms with van der Waals surface area (Å²) in [5.41, 5.74) is 2.12. The lowest BCUT2D eigenvalue weighted by atomic mass is 10.1. The van der Waals surface area contributed by atoms with E-state index in [2.05, 4.69) is 10.6 Å². The minimum atomic E-state index is -0.373. The third-order valence-electron chi connectivity index (χ3n) is 3.29. The first-order valence-corrected chi connectivity index (χ1v) is 7.16. The Hall–Kier alpha value is -2.73. The van der Waals surface area contributed by atoms with E-state index in [-0.39, 0.29) is 12.6 Å². The maximum absolute atomic E-state index is 12.1. The molecule has 0 aliphatic carbocycles. The summed E-state index contributed by atoms with van der Waals surface area (Å²) in [6, 6.07) is 12.1. The number of methoxy groups -OCH3 is 2. The maximum atomic E-state index is 12.1. The number of hydrogen-bond acceptors (Lipinski definition) is 4. The molecule has 0 saturated carbocycles. The Morgan fingerprint density at radius 2 is 1.78 bits per heavy atom. The van der Waals surface area contributed by atoms with E-state index >= 15 is 0 Å². The zero-order valence-electron chi connectivity index (χ0n) is 13.1. The van der Waals surface area contributed by atoms with Gasteiger partial charge in [0.1, 0.15) is 0 Å². The van der Waals surface area contributed by atoms with E-state index in [1.807, 2.05) is 18.2 Å². The molecule has 0 radical (unpaired) electrons. The monoisotopic (exact) mass is 316 g/mol. The van der Waals surface area contributed by atoms with Gasteiger partial charge in [0, 0.05) is 24.0 Å². The molecule has 0 unspecified atom stereocenters. The first-order chi connectivity index (χ1) is 11.2. The van der Waals surface area contributed by atoms with E-state index in [4.69, 9.17) is 14.6 Å². The second kappa shape index (κ2) is 8.05. The number of carbonyl (C=O) groups is 1. The zero-order chi connectivity index (χ0) is 16.7. The van der Waals surface area contributed by atoms with Gasteiger partial charge < -0.3 is 25.2 Å². The van der Waals surface area contributed by atoms with Crippen LogP contribution < -0.4 is 20.1 Å². The fourth-order valence-electron chi connectivity index (χ4n) is 2.18. The van der Waals surface area contributed by atoms with Gasteiger partial charge in [-0.1, -0.05) is 18.2 Å². The highest BCUT2D eigenvalue weighted by Gasteiger charge is 2.09. The molecule has 2 aromatic rings. The van der Waals surface area contributed by atoms with Crippen molar-refractivity contribution >= 4 is 17.4 Å². The lowest BCUT2D eigenvalue weighted by Gasteiger charge is -2.13. The highest BCUT2D eigenvalue weighted by Crippen LogP contribution is 2.29. The minimum Gasteiger partial charge on any atom is -0.493 e. The van der Waals surface area contributed by atoms with Crippen LogP contribution in [0.5, 0.6) is 11.5 Å². The number of ether oxygens (including phenoxy) is 2. The van der Waals surface area contributed by atoms with Crippen molar-refractivity contribution in [1.29, 1.82) is 0 Å². The number of rotatable bonds is 6. The topological polar surface area (TPSA) is 79.8 Å². The molecule has 0 aromatic heterocycles. The molecule has 23 heavy (non-hydrogen) atoms. The predicted octanol–water partition coefficient (Wildman–Crippen LogP) is 2.88. The molecule has 0 fully saturated rings. The highest BCUT2D eigenvalue weighted by atomic mass is 16.5. The van der Waals surface area contributed by atoms with Crippen molar-refractivity contribution in [3.63, 3.8) is 0 Å². The van der Waals surface area contributed by atoms with Crippen molar-refractivity contribution < 1.29 is 19.4 Å². The Balaban J connectivity index is 2.08. The predicted molar refractivity (Wildman–Crippen MR) is 89.4 cm³/mol. The van der Waals surface area contributed by atoms with E-state index in [9.17, 15) is 4.79 Å².